The van der Waals surface area contributed by atoms with Crippen LogP contribution >= 0.6 is 11.6 Å². The molecule has 0 spiro atoms. The second-order valence-corrected chi connectivity index (χ2v) is 11.3. The van der Waals surface area contributed by atoms with Crippen LogP contribution in [0, 0.1) is 11.8 Å². The van der Waals surface area contributed by atoms with E-state index in [-0.39, 0.29) is 11.3 Å². The maximum absolute atomic E-state index is 13.4. The van der Waals surface area contributed by atoms with Gasteiger partial charge in [-0.15, -0.1) is 0 Å². The van der Waals surface area contributed by atoms with E-state index in [0.29, 0.717) is 0 Å². The molecule has 2 aromatic carbocycles. The average molecular weight is 495 g/mol. The molecule has 188 valence electrons. The molecular formula is C30H39ClN2O2. The Hall–Kier alpha value is -1.88. The number of ether oxygens (including phenoxy) is 1. The average Bonchev–Trinajstić information content (AvgIpc) is 2.93. The first-order valence-corrected chi connectivity index (χ1v) is 13.9. The first kappa shape index (κ1) is 24.8. The largest absolute Gasteiger partial charge is 0.381 e. The van der Waals surface area contributed by atoms with E-state index in [1.54, 1.807) is 0 Å². The Labute approximate surface area is 215 Å². The van der Waals surface area contributed by atoms with Crippen molar-refractivity contribution in [3.63, 3.8) is 0 Å². The van der Waals surface area contributed by atoms with Gasteiger partial charge in [-0.25, -0.2) is 0 Å². The third-order valence-corrected chi connectivity index (χ3v) is 9.06. The molecule has 5 rings (SSSR count). The summed E-state index contributed by atoms with van der Waals surface area (Å²) in [5.41, 5.74) is 2.09. The second-order valence-electron chi connectivity index (χ2n) is 10.9. The minimum absolute atomic E-state index is 0.0230. The summed E-state index contributed by atoms with van der Waals surface area (Å²) in [7, 11) is 0. The zero-order valence-electron chi connectivity index (χ0n) is 20.8. The van der Waals surface area contributed by atoms with Crippen molar-refractivity contribution in [2.75, 3.05) is 45.9 Å². The minimum Gasteiger partial charge on any atom is -0.381 e. The van der Waals surface area contributed by atoms with Crippen molar-refractivity contribution in [3.05, 3.63) is 70.7 Å². The summed E-state index contributed by atoms with van der Waals surface area (Å²) in [6.45, 7) is 7.01. The Balaban J connectivity index is 1.27. The number of piperidine rings is 2. The highest BCUT2D eigenvalue weighted by Crippen LogP contribution is 2.39. The van der Waals surface area contributed by atoms with E-state index in [1.165, 1.54) is 44.3 Å². The molecule has 1 amide bonds. The van der Waals surface area contributed by atoms with E-state index in [0.717, 1.165) is 74.5 Å². The van der Waals surface area contributed by atoms with Crippen LogP contribution in [0.15, 0.2) is 54.6 Å². The van der Waals surface area contributed by atoms with Crippen LogP contribution in [0.2, 0.25) is 5.02 Å². The summed E-state index contributed by atoms with van der Waals surface area (Å²) >= 11 is 6.25. The molecule has 0 unspecified atom stereocenters. The van der Waals surface area contributed by atoms with Crippen LogP contribution in [0.1, 0.15) is 60.9 Å². The number of nitrogens with zero attached hydrogens (tertiary/aromatic N) is 2. The lowest BCUT2D eigenvalue weighted by Crippen LogP contribution is -2.50. The number of amides is 1. The molecule has 35 heavy (non-hydrogen) atoms. The van der Waals surface area contributed by atoms with Gasteiger partial charge in [-0.3, -0.25) is 4.79 Å². The molecule has 0 bridgehead atoms. The summed E-state index contributed by atoms with van der Waals surface area (Å²) in [6, 6.07) is 18.1. The smallest absolute Gasteiger partial charge is 0.253 e. The van der Waals surface area contributed by atoms with Gasteiger partial charge < -0.3 is 14.5 Å². The number of hydrogen-bond donors (Lipinski definition) is 0. The van der Waals surface area contributed by atoms with Crippen LogP contribution in [-0.4, -0.2) is 61.6 Å². The third-order valence-electron chi connectivity index (χ3n) is 8.81. The third kappa shape index (κ3) is 5.93. The van der Waals surface area contributed by atoms with Gasteiger partial charge in [0.05, 0.1) is 0 Å². The van der Waals surface area contributed by atoms with E-state index < -0.39 is 0 Å². The molecule has 2 aromatic rings. The Morgan fingerprint density at radius 1 is 0.914 bits per heavy atom. The van der Waals surface area contributed by atoms with Gasteiger partial charge in [-0.05, 0) is 106 Å². The predicted octanol–water partition coefficient (Wildman–Crippen LogP) is 6.04. The van der Waals surface area contributed by atoms with Crippen LogP contribution in [0.5, 0.6) is 0 Å². The highest BCUT2D eigenvalue weighted by Gasteiger charge is 2.39. The van der Waals surface area contributed by atoms with Crippen LogP contribution < -0.4 is 0 Å². The quantitative estimate of drug-likeness (QED) is 0.490. The topological polar surface area (TPSA) is 32.8 Å². The van der Waals surface area contributed by atoms with Gasteiger partial charge in [0.2, 0.25) is 0 Å². The van der Waals surface area contributed by atoms with Gasteiger partial charge in [0.15, 0.2) is 0 Å². The molecular weight excluding hydrogens is 456 g/mol. The summed E-state index contributed by atoms with van der Waals surface area (Å²) in [5, 5.41) is 0.770. The predicted molar refractivity (Wildman–Crippen MR) is 142 cm³/mol. The zero-order valence-corrected chi connectivity index (χ0v) is 21.6. The maximum Gasteiger partial charge on any atom is 0.253 e. The molecule has 3 heterocycles. The highest BCUT2D eigenvalue weighted by molar-refractivity contribution is 6.30. The number of rotatable bonds is 6. The van der Waals surface area contributed by atoms with Crippen LogP contribution in [0.4, 0.5) is 0 Å². The molecule has 3 aliphatic heterocycles. The molecule has 0 N–H and O–H groups in total. The van der Waals surface area contributed by atoms with Crippen molar-refractivity contribution in [1.29, 1.82) is 0 Å². The molecule has 3 aliphatic rings. The second kappa shape index (κ2) is 11.5. The normalized spacial score (nSPS) is 25.0. The molecule has 5 heteroatoms. The first-order valence-electron chi connectivity index (χ1n) is 13.5. The van der Waals surface area contributed by atoms with Crippen molar-refractivity contribution in [2.45, 2.75) is 50.4 Å². The molecule has 1 atom stereocenters. The maximum atomic E-state index is 13.4. The van der Waals surface area contributed by atoms with E-state index in [1.807, 2.05) is 42.5 Å². The van der Waals surface area contributed by atoms with Gasteiger partial charge in [-0.1, -0.05) is 41.9 Å². The Bertz CT molecular complexity index is 952. The van der Waals surface area contributed by atoms with Gasteiger partial charge in [0.25, 0.3) is 5.91 Å². The minimum atomic E-state index is -0.0230. The van der Waals surface area contributed by atoms with Crippen LogP contribution in [0.3, 0.4) is 0 Å². The number of benzene rings is 2. The molecule has 4 nitrogen and oxygen atoms in total. The first-order chi connectivity index (χ1) is 17.1. The Morgan fingerprint density at radius 2 is 1.60 bits per heavy atom. The lowest BCUT2D eigenvalue weighted by Gasteiger charge is -2.45. The van der Waals surface area contributed by atoms with E-state index >= 15 is 0 Å². The number of hydrogen-bond acceptors (Lipinski definition) is 3. The molecule has 0 aliphatic carbocycles. The highest BCUT2D eigenvalue weighted by atomic mass is 35.5. The number of carbonyl (C=O) groups is 1. The van der Waals surface area contributed by atoms with Crippen molar-refractivity contribution in [1.82, 2.24) is 9.80 Å². The zero-order chi connectivity index (χ0) is 24.1. The fourth-order valence-corrected chi connectivity index (χ4v) is 6.79. The monoisotopic (exact) mass is 494 g/mol. The number of likely N-dealkylation sites (tertiary alicyclic amines) is 2. The lowest BCUT2D eigenvalue weighted by molar-refractivity contribution is 0.0286. The molecule has 3 saturated heterocycles. The van der Waals surface area contributed by atoms with E-state index in [9.17, 15) is 4.79 Å². The number of halogens is 1. The van der Waals surface area contributed by atoms with Gasteiger partial charge >= 0.3 is 0 Å². The van der Waals surface area contributed by atoms with Crippen molar-refractivity contribution >= 4 is 17.5 Å². The van der Waals surface area contributed by atoms with Crippen molar-refractivity contribution in [2.24, 2.45) is 11.8 Å². The fourth-order valence-electron chi connectivity index (χ4n) is 6.66. The van der Waals surface area contributed by atoms with E-state index in [2.05, 4.69) is 21.9 Å². The van der Waals surface area contributed by atoms with E-state index in [4.69, 9.17) is 16.3 Å². The van der Waals surface area contributed by atoms with Crippen LogP contribution in [-0.2, 0) is 10.2 Å². The Kier molecular flexibility index (Phi) is 8.11. The standard InChI is InChI=1S/C30H39ClN2O2/c31-28-9-7-27(8-10-28)30(15-4-17-33(23-30)29(34)26-5-2-1-3-6-26)16-20-32-18-11-24(12-19-32)25-13-21-35-22-14-25/h1-3,5-10,24-25H,4,11-23H2/t30-/m1/s1. The molecule has 0 radical (unpaired) electrons. The fraction of sp³-hybridized carbons (Fsp3) is 0.567. The Morgan fingerprint density at radius 3 is 2.31 bits per heavy atom. The molecule has 3 fully saturated rings. The van der Waals surface area contributed by atoms with Crippen molar-refractivity contribution in [3.8, 4) is 0 Å². The molecule has 0 saturated carbocycles. The van der Waals surface area contributed by atoms with Crippen molar-refractivity contribution < 1.29 is 9.53 Å². The summed E-state index contributed by atoms with van der Waals surface area (Å²) in [4.78, 5) is 18.1. The van der Waals surface area contributed by atoms with Crippen LogP contribution in [0.25, 0.3) is 0 Å². The SMILES string of the molecule is O=C(c1ccccc1)N1CCC[C@](CCN2CCC(C3CCOCC3)CC2)(c2ccc(Cl)cc2)C1. The van der Waals surface area contributed by atoms with Gasteiger partial charge in [-0.2, -0.15) is 0 Å². The summed E-state index contributed by atoms with van der Waals surface area (Å²) < 4.78 is 5.58. The van der Waals surface area contributed by atoms with Gasteiger partial charge in [0.1, 0.15) is 0 Å². The summed E-state index contributed by atoms with van der Waals surface area (Å²) in [6.07, 6.45) is 8.35. The lowest BCUT2D eigenvalue weighted by atomic mass is 9.71. The summed E-state index contributed by atoms with van der Waals surface area (Å²) in [5.74, 6) is 1.89. The number of carbonyl (C=O) groups excluding carboxylic acids is 1. The molecule has 0 aromatic heterocycles. The van der Waals surface area contributed by atoms with Gasteiger partial charge in [0, 0.05) is 42.3 Å².